The quantitative estimate of drug-likeness (QED) is 0.486. The molecular formula is C13H26N2O5S. The van der Waals surface area contributed by atoms with Gasteiger partial charge >= 0.3 is 6.09 Å². The molecule has 0 aliphatic rings. The van der Waals surface area contributed by atoms with E-state index in [4.69, 9.17) is 14.2 Å². The summed E-state index contributed by atoms with van der Waals surface area (Å²) in [5.74, 6) is 0.845. The van der Waals surface area contributed by atoms with Crippen LogP contribution >= 0.6 is 11.8 Å². The summed E-state index contributed by atoms with van der Waals surface area (Å²) in [6.07, 6.45) is -0.886. The summed E-state index contributed by atoms with van der Waals surface area (Å²) in [5, 5.41) is 5.32. The fraction of sp³-hybridized carbons (Fsp3) is 0.846. The van der Waals surface area contributed by atoms with Crippen molar-refractivity contribution in [2.45, 2.75) is 32.7 Å². The molecule has 0 unspecified atom stereocenters. The van der Waals surface area contributed by atoms with Crippen molar-refractivity contribution in [3.05, 3.63) is 0 Å². The molecule has 0 aliphatic carbocycles. The third kappa shape index (κ3) is 12.5. The molecule has 0 saturated carbocycles. The standard InChI is InChI=1S/C13H26N2O5S/c1-13(2,3)20-12(17)14-6-7-21-9-10(16)15-8-11(18-4)19-5/h11H,6-9H2,1-5H3,(H,14,17)(H,15,16). The predicted molar refractivity (Wildman–Crippen MR) is 82.4 cm³/mol. The number of hydrogen-bond acceptors (Lipinski definition) is 6. The summed E-state index contributed by atoms with van der Waals surface area (Å²) >= 11 is 1.42. The second-order valence-corrected chi connectivity index (χ2v) is 6.29. The van der Waals surface area contributed by atoms with Crippen LogP contribution in [0, 0.1) is 0 Å². The average Bonchev–Trinajstić information content (AvgIpc) is 2.37. The number of alkyl carbamates (subject to hydrolysis) is 1. The summed E-state index contributed by atoms with van der Waals surface area (Å²) in [4.78, 5) is 22.9. The molecular weight excluding hydrogens is 296 g/mol. The van der Waals surface area contributed by atoms with Gasteiger partial charge in [0.05, 0.1) is 12.3 Å². The molecule has 0 fully saturated rings. The number of rotatable bonds is 9. The molecule has 2 amide bonds. The number of amides is 2. The Morgan fingerprint density at radius 2 is 1.76 bits per heavy atom. The molecule has 21 heavy (non-hydrogen) atoms. The van der Waals surface area contributed by atoms with Crippen LogP contribution in [0.15, 0.2) is 0 Å². The van der Waals surface area contributed by atoms with E-state index in [9.17, 15) is 9.59 Å². The van der Waals surface area contributed by atoms with Gasteiger partial charge in [-0.05, 0) is 20.8 Å². The van der Waals surface area contributed by atoms with Gasteiger partial charge in [-0.1, -0.05) is 0 Å². The normalized spacial score (nSPS) is 11.3. The van der Waals surface area contributed by atoms with Crippen molar-refractivity contribution in [2.75, 3.05) is 38.8 Å². The summed E-state index contributed by atoms with van der Waals surface area (Å²) in [5.41, 5.74) is -0.504. The van der Waals surface area contributed by atoms with E-state index >= 15 is 0 Å². The molecule has 2 N–H and O–H groups in total. The molecule has 0 spiro atoms. The molecule has 0 radical (unpaired) electrons. The van der Waals surface area contributed by atoms with E-state index in [-0.39, 0.29) is 5.91 Å². The van der Waals surface area contributed by atoms with E-state index in [2.05, 4.69) is 10.6 Å². The van der Waals surface area contributed by atoms with Crippen LogP contribution in [0.3, 0.4) is 0 Å². The molecule has 0 bridgehead atoms. The van der Waals surface area contributed by atoms with Crippen LogP contribution in [0.1, 0.15) is 20.8 Å². The van der Waals surface area contributed by atoms with Crippen molar-refractivity contribution in [3.8, 4) is 0 Å². The van der Waals surface area contributed by atoms with Gasteiger partial charge in [-0.25, -0.2) is 4.79 Å². The summed E-state index contributed by atoms with van der Waals surface area (Å²) in [6, 6.07) is 0. The van der Waals surface area contributed by atoms with E-state index < -0.39 is 18.0 Å². The van der Waals surface area contributed by atoms with Crippen molar-refractivity contribution in [1.82, 2.24) is 10.6 Å². The summed E-state index contributed by atoms with van der Waals surface area (Å²) < 4.78 is 15.0. The molecule has 0 aliphatic heterocycles. The molecule has 0 aromatic heterocycles. The first-order valence-corrected chi connectivity index (χ1v) is 7.81. The largest absolute Gasteiger partial charge is 0.444 e. The highest BCUT2D eigenvalue weighted by Crippen LogP contribution is 2.06. The fourth-order valence-corrected chi connectivity index (χ4v) is 1.89. The summed E-state index contributed by atoms with van der Waals surface area (Å²) in [7, 11) is 3.02. The fourth-order valence-electron chi connectivity index (χ4n) is 1.22. The third-order valence-electron chi connectivity index (χ3n) is 2.14. The van der Waals surface area contributed by atoms with Crippen LogP contribution in [0.25, 0.3) is 0 Å². The van der Waals surface area contributed by atoms with Crippen molar-refractivity contribution in [1.29, 1.82) is 0 Å². The highest BCUT2D eigenvalue weighted by Gasteiger charge is 2.15. The van der Waals surface area contributed by atoms with Crippen LogP contribution in [0.4, 0.5) is 4.79 Å². The third-order valence-corrected chi connectivity index (χ3v) is 3.10. The minimum Gasteiger partial charge on any atom is -0.444 e. The highest BCUT2D eigenvalue weighted by atomic mass is 32.2. The number of nitrogens with one attached hydrogen (secondary N) is 2. The molecule has 7 nitrogen and oxygen atoms in total. The number of ether oxygens (including phenoxy) is 3. The SMILES string of the molecule is COC(CNC(=O)CSCCNC(=O)OC(C)(C)C)OC. The molecule has 124 valence electrons. The predicted octanol–water partition coefficient (Wildman–Crippen LogP) is 0.979. The maximum atomic E-state index is 11.5. The number of carbonyl (C=O) groups is 2. The first-order chi connectivity index (χ1) is 9.78. The lowest BCUT2D eigenvalue weighted by Crippen LogP contribution is -2.35. The minimum absolute atomic E-state index is 0.101. The first-order valence-electron chi connectivity index (χ1n) is 6.65. The molecule has 0 atom stereocenters. The molecule has 0 aromatic rings. The van der Waals surface area contributed by atoms with Crippen molar-refractivity contribution >= 4 is 23.8 Å². The van der Waals surface area contributed by atoms with E-state index in [1.165, 1.54) is 26.0 Å². The zero-order chi connectivity index (χ0) is 16.3. The number of hydrogen-bond donors (Lipinski definition) is 2. The molecule has 8 heteroatoms. The van der Waals surface area contributed by atoms with Gasteiger partial charge in [0.15, 0.2) is 6.29 Å². The monoisotopic (exact) mass is 322 g/mol. The maximum absolute atomic E-state index is 11.5. The van der Waals surface area contributed by atoms with Crippen LogP contribution in [0.5, 0.6) is 0 Å². The Hall–Kier alpha value is -0.990. The van der Waals surface area contributed by atoms with Crippen LogP contribution in [-0.2, 0) is 19.0 Å². The van der Waals surface area contributed by atoms with Crippen LogP contribution in [-0.4, -0.2) is 62.7 Å². The Labute approximate surface area is 130 Å². The molecule has 0 heterocycles. The van der Waals surface area contributed by atoms with Gasteiger partial charge in [-0.2, -0.15) is 11.8 Å². The van der Waals surface area contributed by atoms with E-state index in [0.717, 1.165) is 0 Å². The molecule has 0 rings (SSSR count). The number of thioether (sulfide) groups is 1. The zero-order valence-corrected chi connectivity index (χ0v) is 14.2. The Kier molecular flexibility index (Phi) is 10.2. The van der Waals surface area contributed by atoms with Crippen LogP contribution in [0.2, 0.25) is 0 Å². The van der Waals surface area contributed by atoms with Crippen LogP contribution < -0.4 is 10.6 Å². The van der Waals surface area contributed by atoms with E-state index in [0.29, 0.717) is 24.6 Å². The van der Waals surface area contributed by atoms with E-state index in [1.807, 2.05) is 0 Å². The second-order valence-electron chi connectivity index (χ2n) is 5.19. The molecule has 0 aromatic carbocycles. The topological polar surface area (TPSA) is 85.9 Å². The Morgan fingerprint density at radius 1 is 1.14 bits per heavy atom. The van der Waals surface area contributed by atoms with Gasteiger partial charge in [0.1, 0.15) is 5.60 Å². The molecule has 0 saturated heterocycles. The first kappa shape index (κ1) is 20.0. The lowest BCUT2D eigenvalue weighted by atomic mass is 10.2. The van der Waals surface area contributed by atoms with Crippen molar-refractivity contribution in [2.24, 2.45) is 0 Å². The highest BCUT2D eigenvalue weighted by molar-refractivity contribution is 7.99. The van der Waals surface area contributed by atoms with Gasteiger partial charge < -0.3 is 24.8 Å². The lowest BCUT2D eigenvalue weighted by Gasteiger charge is -2.19. The number of carbonyl (C=O) groups excluding carboxylic acids is 2. The lowest BCUT2D eigenvalue weighted by molar-refractivity contribution is -0.125. The van der Waals surface area contributed by atoms with Gasteiger partial charge in [-0.15, -0.1) is 0 Å². The van der Waals surface area contributed by atoms with Gasteiger partial charge in [0.2, 0.25) is 5.91 Å². The van der Waals surface area contributed by atoms with Crippen molar-refractivity contribution in [3.63, 3.8) is 0 Å². The zero-order valence-electron chi connectivity index (χ0n) is 13.4. The van der Waals surface area contributed by atoms with E-state index in [1.54, 1.807) is 20.8 Å². The Balaban J connectivity index is 3.58. The Bertz CT molecular complexity index is 316. The smallest absolute Gasteiger partial charge is 0.407 e. The van der Waals surface area contributed by atoms with Gasteiger partial charge in [0, 0.05) is 26.5 Å². The van der Waals surface area contributed by atoms with Gasteiger partial charge in [0.25, 0.3) is 0 Å². The summed E-state index contributed by atoms with van der Waals surface area (Å²) in [6.45, 7) is 6.17. The maximum Gasteiger partial charge on any atom is 0.407 e. The average molecular weight is 322 g/mol. The Morgan fingerprint density at radius 3 is 2.29 bits per heavy atom. The second kappa shape index (κ2) is 10.7. The van der Waals surface area contributed by atoms with Crippen molar-refractivity contribution < 1.29 is 23.8 Å². The number of methoxy groups -OCH3 is 2. The van der Waals surface area contributed by atoms with Gasteiger partial charge in [-0.3, -0.25) is 4.79 Å². The minimum atomic E-state index is -0.504.